The third-order valence-corrected chi connectivity index (χ3v) is 2.90. The zero-order chi connectivity index (χ0) is 10.6. The van der Waals surface area contributed by atoms with Crippen molar-refractivity contribution in [2.24, 2.45) is 5.92 Å². The Bertz CT molecular complexity index is 154. The SMILES string of the molecule is CN1CCC(CCOC(C)(C)C)CC1. The number of nitrogens with zero attached hydrogens (tertiary/aromatic N) is 1. The molecule has 1 aliphatic heterocycles. The van der Waals surface area contributed by atoms with Crippen LogP contribution in [0.5, 0.6) is 0 Å². The molecule has 14 heavy (non-hydrogen) atoms. The van der Waals surface area contributed by atoms with Crippen LogP contribution in [0, 0.1) is 5.92 Å². The lowest BCUT2D eigenvalue weighted by Crippen LogP contribution is -2.31. The smallest absolute Gasteiger partial charge is 0.0598 e. The number of ether oxygens (including phenoxy) is 1. The summed E-state index contributed by atoms with van der Waals surface area (Å²) in [5.74, 6) is 0.897. The van der Waals surface area contributed by atoms with E-state index in [1.54, 1.807) is 0 Å². The molecular formula is C12H25NO. The fourth-order valence-corrected chi connectivity index (χ4v) is 1.88. The topological polar surface area (TPSA) is 12.5 Å². The van der Waals surface area contributed by atoms with Gasteiger partial charge in [-0.25, -0.2) is 0 Å². The summed E-state index contributed by atoms with van der Waals surface area (Å²) in [5, 5.41) is 0. The van der Waals surface area contributed by atoms with E-state index in [2.05, 4.69) is 32.7 Å². The molecule has 0 radical (unpaired) electrons. The first-order valence-electron chi connectivity index (χ1n) is 5.80. The van der Waals surface area contributed by atoms with Gasteiger partial charge in [-0.15, -0.1) is 0 Å². The summed E-state index contributed by atoms with van der Waals surface area (Å²) in [5.41, 5.74) is 0.0332. The molecule has 0 aromatic rings. The molecule has 0 aromatic heterocycles. The van der Waals surface area contributed by atoms with Crippen LogP contribution in [0.4, 0.5) is 0 Å². The summed E-state index contributed by atoms with van der Waals surface area (Å²) in [7, 11) is 2.21. The van der Waals surface area contributed by atoms with Crippen molar-refractivity contribution in [1.82, 2.24) is 4.90 Å². The van der Waals surface area contributed by atoms with Crippen LogP contribution in [0.25, 0.3) is 0 Å². The minimum Gasteiger partial charge on any atom is -0.376 e. The number of hydrogen-bond donors (Lipinski definition) is 0. The molecule has 1 rings (SSSR count). The molecule has 0 aliphatic carbocycles. The molecule has 1 fully saturated rings. The second kappa shape index (κ2) is 5.13. The number of likely N-dealkylation sites (tertiary alicyclic amines) is 1. The van der Waals surface area contributed by atoms with Gasteiger partial charge in [0.25, 0.3) is 0 Å². The van der Waals surface area contributed by atoms with Crippen molar-refractivity contribution in [3.8, 4) is 0 Å². The Labute approximate surface area is 88.6 Å². The molecule has 0 atom stereocenters. The highest BCUT2D eigenvalue weighted by molar-refractivity contribution is 4.70. The predicted molar refractivity (Wildman–Crippen MR) is 60.5 cm³/mol. The average Bonchev–Trinajstić information content (AvgIpc) is 2.06. The van der Waals surface area contributed by atoms with Crippen molar-refractivity contribution in [2.75, 3.05) is 26.7 Å². The molecule has 0 bridgehead atoms. The van der Waals surface area contributed by atoms with Crippen molar-refractivity contribution in [1.29, 1.82) is 0 Å². The molecule has 2 heteroatoms. The van der Waals surface area contributed by atoms with Crippen molar-refractivity contribution in [3.63, 3.8) is 0 Å². The summed E-state index contributed by atoms with van der Waals surface area (Å²) in [6, 6.07) is 0. The van der Waals surface area contributed by atoms with Crippen molar-refractivity contribution < 1.29 is 4.74 Å². The van der Waals surface area contributed by atoms with Crippen LogP contribution in [0.15, 0.2) is 0 Å². The lowest BCUT2D eigenvalue weighted by Gasteiger charge is -2.29. The Balaban J connectivity index is 2.08. The van der Waals surface area contributed by atoms with E-state index in [-0.39, 0.29) is 5.60 Å². The largest absolute Gasteiger partial charge is 0.376 e. The average molecular weight is 199 g/mol. The van der Waals surface area contributed by atoms with Gasteiger partial charge in [0.15, 0.2) is 0 Å². The lowest BCUT2D eigenvalue weighted by molar-refractivity contribution is -0.0121. The summed E-state index contributed by atoms with van der Waals surface area (Å²) >= 11 is 0. The predicted octanol–water partition coefficient (Wildman–Crippen LogP) is 2.53. The van der Waals surface area contributed by atoms with Gasteiger partial charge in [0.05, 0.1) is 5.60 Å². The lowest BCUT2D eigenvalue weighted by atomic mass is 9.94. The van der Waals surface area contributed by atoms with Gasteiger partial charge in [-0.1, -0.05) is 0 Å². The molecule has 1 saturated heterocycles. The molecule has 0 unspecified atom stereocenters. The van der Waals surface area contributed by atoms with Gasteiger partial charge in [0, 0.05) is 6.61 Å². The zero-order valence-corrected chi connectivity index (χ0v) is 10.2. The number of rotatable bonds is 3. The van der Waals surface area contributed by atoms with Crippen molar-refractivity contribution >= 4 is 0 Å². The van der Waals surface area contributed by atoms with Gasteiger partial charge >= 0.3 is 0 Å². The maximum absolute atomic E-state index is 5.75. The van der Waals surface area contributed by atoms with Crippen LogP contribution in [-0.2, 0) is 4.74 Å². The second-order valence-electron chi connectivity index (χ2n) is 5.50. The number of hydrogen-bond acceptors (Lipinski definition) is 2. The molecule has 0 N–H and O–H groups in total. The van der Waals surface area contributed by atoms with E-state index < -0.39 is 0 Å². The van der Waals surface area contributed by atoms with E-state index in [4.69, 9.17) is 4.74 Å². The maximum Gasteiger partial charge on any atom is 0.0598 e. The fraction of sp³-hybridized carbons (Fsp3) is 1.00. The molecule has 1 aliphatic rings. The zero-order valence-electron chi connectivity index (χ0n) is 10.2. The molecule has 0 aromatic carbocycles. The molecular weight excluding hydrogens is 174 g/mol. The van der Waals surface area contributed by atoms with Crippen LogP contribution in [0.2, 0.25) is 0 Å². The quantitative estimate of drug-likeness (QED) is 0.692. The molecule has 0 spiro atoms. The second-order valence-corrected chi connectivity index (χ2v) is 5.50. The van der Waals surface area contributed by atoms with E-state index in [9.17, 15) is 0 Å². The van der Waals surface area contributed by atoms with Gasteiger partial charge < -0.3 is 9.64 Å². The first-order chi connectivity index (χ1) is 6.47. The van der Waals surface area contributed by atoms with Crippen LogP contribution in [-0.4, -0.2) is 37.2 Å². The Kier molecular flexibility index (Phi) is 4.39. The highest BCUT2D eigenvalue weighted by atomic mass is 16.5. The Morgan fingerprint density at radius 2 is 1.79 bits per heavy atom. The minimum absolute atomic E-state index is 0.0332. The monoisotopic (exact) mass is 199 g/mol. The van der Waals surface area contributed by atoms with Gasteiger partial charge in [0.1, 0.15) is 0 Å². The van der Waals surface area contributed by atoms with Crippen LogP contribution < -0.4 is 0 Å². The fourth-order valence-electron chi connectivity index (χ4n) is 1.88. The first-order valence-corrected chi connectivity index (χ1v) is 5.80. The van der Waals surface area contributed by atoms with Gasteiger partial charge in [-0.2, -0.15) is 0 Å². The van der Waals surface area contributed by atoms with E-state index in [1.165, 1.54) is 32.4 Å². The Hall–Kier alpha value is -0.0800. The van der Waals surface area contributed by atoms with Crippen LogP contribution in [0.3, 0.4) is 0 Å². The molecule has 0 saturated carbocycles. The summed E-state index contributed by atoms with van der Waals surface area (Å²) in [6.07, 6.45) is 3.94. The van der Waals surface area contributed by atoms with Gasteiger partial charge in [-0.05, 0) is 66.1 Å². The minimum atomic E-state index is 0.0332. The third kappa shape index (κ3) is 4.97. The van der Waals surface area contributed by atoms with E-state index in [0.717, 1.165) is 12.5 Å². The Morgan fingerprint density at radius 3 is 2.29 bits per heavy atom. The molecule has 84 valence electrons. The summed E-state index contributed by atoms with van der Waals surface area (Å²) < 4.78 is 5.75. The maximum atomic E-state index is 5.75. The van der Waals surface area contributed by atoms with Crippen molar-refractivity contribution in [2.45, 2.75) is 45.6 Å². The van der Waals surface area contributed by atoms with Crippen molar-refractivity contribution in [3.05, 3.63) is 0 Å². The summed E-state index contributed by atoms with van der Waals surface area (Å²) in [4.78, 5) is 2.42. The number of piperidine rings is 1. The van der Waals surface area contributed by atoms with Gasteiger partial charge in [0.2, 0.25) is 0 Å². The third-order valence-electron chi connectivity index (χ3n) is 2.90. The van der Waals surface area contributed by atoms with Crippen LogP contribution >= 0.6 is 0 Å². The molecule has 0 amide bonds. The Morgan fingerprint density at radius 1 is 1.21 bits per heavy atom. The van der Waals surface area contributed by atoms with E-state index in [0.29, 0.717) is 0 Å². The first kappa shape index (κ1) is 12.0. The summed E-state index contributed by atoms with van der Waals surface area (Å²) in [6.45, 7) is 9.84. The molecule has 2 nitrogen and oxygen atoms in total. The van der Waals surface area contributed by atoms with E-state index >= 15 is 0 Å². The highest BCUT2D eigenvalue weighted by Crippen LogP contribution is 2.20. The highest BCUT2D eigenvalue weighted by Gasteiger charge is 2.17. The van der Waals surface area contributed by atoms with Crippen LogP contribution in [0.1, 0.15) is 40.0 Å². The van der Waals surface area contributed by atoms with E-state index in [1.807, 2.05) is 0 Å². The standard InChI is InChI=1S/C12H25NO/c1-12(2,3)14-10-7-11-5-8-13(4)9-6-11/h11H,5-10H2,1-4H3. The molecule has 1 heterocycles. The normalized spacial score (nSPS) is 21.4. The van der Waals surface area contributed by atoms with Gasteiger partial charge in [-0.3, -0.25) is 0 Å².